The Kier molecular flexibility index (Phi) is 4.05. The van der Waals surface area contributed by atoms with Gasteiger partial charge in [-0.15, -0.1) is 0 Å². The second kappa shape index (κ2) is 10.2. The lowest BCUT2D eigenvalue weighted by molar-refractivity contribution is 0.487. The lowest BCUT2D eigenvalue weighted by Gasteiger charge is -2.23. The van der Waals surface area contributed by atoms with Gasteiger partial charge in [-0.25, -0.2) is 0 Å². The Bertz CT molecular complexity index is 3170. The van der Waals surface area contributed by atoms with E-state index in [0.29, 0.717) is 33.6 Å². The molecule has 218 valence electrons. The summed E-state index contributed by atoms with van der Waals surface area (Å²) < 4.78 is 85.6. The van der Waals surface area contributed by atoms with Crippen LogP contribution in [0, 0.1) is 0 Å². The van der Waals surface area contributed by atoms with Gasteiger partial charge in [0.05, 0.1) is 12.3 Å². The predicted molar refractivity (Wildman–Crippen MR) is 198 cm³/mol. The highest BCUT2D eigenvalue weighted by Crippen LogP contribution is 2.49. The maximum atomic E-state index is 9.49. The van der Waals surface area contributed by atoms with Crippen LogP contribution in [0.25, 0.3) is 87.6 Å². The quantitative estimate of drug-likeness (QED) is 0.144. The summed E-state index contributed by atoms with van der Waals surface area (Å²) in [6, 6.07) is 34.1. The van der Waals surface area contributed by atoms with Gasteiger partial charge in [-0.3, -0.25) is 0 Å². The Morgan fingerprint density at radius 3 is 2.00 bits per heavy atom. The Balaban J connectivity index is 1.16. The molecule has 0 aliphatic carbocycles. The first-order valence-electron chi connectivity index (χ1n) is 19.9. The van der Waals surface area contributed by atoms with Crippen molar-refractivity contribution in [3.05, 3.63) is 170 Å². The summed E-state index contributed by atoms with van der Waals surface area (Å²) in [4.78, 5) is 0. The zero-order valence-corrected chi connectivity index (χ0v) is 24.9. The Morgan fingerprint density at radius 2 is 1.13 bits per heavy atom. The first kappa shape index (κ1) is 18.7. The predicted octanol–water partition coefficient (Wildman–Crippen LogP) is 13.1. The number of fused-ring (bicyclic) bond motifs is 6. The van der Waals surface area contributed by atoms with Crippen LogP contribution in [0.2, 0.25) is 0 Å². The fraction of sp³-hybridized carbons (Fsp3) is 0. The number of hydrogen-bond acceptors (Lipinski definition) is 1. The molecule has 10 rings (SSSR count). The van der Waals surface area contributed by atoms with E-state index in [1.807, 2.05) is 66.7 Å². The number of benzene rings is 9. The van der Waals surface area contributed by atoms with Gasteiger partial charge in [-0.05, 0) is 101 Å². The van der Waals surface area contributed by atoms with Gasteiger partial charge in [-0.2, -0.15) is 0 Å². The molecule has 0 amide bonds. The summed E-state index contributed by atoms with van der Waals surface area (Å²) in [7, 11) is 0. The summed E-state index contributed by atoms with van der Waals surface area (Å²) in [5, 5.41) is 7.15. The van der Waals surface area contributed by atoms with Crippen LogP contribution in [-0.4, -0.2) is 0 Å². The van der Waals surface area contributed by atoms with E-state index in [1.54, 1.807) is 30.3 Å². The van der Waals surface area contributed by atoms with Gasteiger partial charge in [0.2, 0.25) is 0 Å². The van der Waals surface area contributed by atoms with E-state index in [1.165, 1.54) is 0 Å². The van der Waals surface area contributed by atoms with Gasteiger partial charge in [0.25, 0.3) is 0 Å². The molecule has 0 saturated heterocycles. The lowest BCUT2D eigenvalue weighted by Crippen LogP contribution is -1.98. The highest BCUT2D eigenvalue weighted by atomic mass is 16.5. The van der Waals surface area contributed by atoms with Gasteiger partial charge in [0, 0.05) is 10.9 Å². The molecule has 9 aromatic carbocycles. The van der Waals surface area contributed by atoms with Gasteiger partial charge < -0.3 is 4.74 Å². The molecule has 0 aromatic heterocycles. The van der Waals surface area contributed by atoms with Crippen LogP contribution in [0.15, 0.2) is 170 Å². The standard InChI is InChI=1S/C46H28O/c1-2-9-29(10-3-1)33-22-23-38-40-16-8-15-39-36(25-26-43(46(39)40)47-44(38)28-33)31-17-19-32(20-18-31)45-37-14-7-5-12-34(37)27-42-35-13-6-4-11-30(35)21-24-41(42)45/h1-28H/i1D,2D,3D,9D,10D,17D,18D,19D,20D. The van der Waals surface area contributed by atoms with Crippen LogP contribution in [-0.2, 0) is 0 Å². The Hall–Kier alpha value is -6.18. The first-order valence-corrected chi connectivity index (χ1v) is 15.4. The molecule has 0 bridgehead atoms. The van der Waals surface area contributed by atoms with Crippen molar-refractivity contribution in [3.63, 3.8) is 0 Å². The average Bonchev–Trinajstić information content (AvgIpc) is 3.22. The minimum absolute atomic E-state index is 0.0818. The van der Waals surface area contributed by atoms with E-state index >= 15 is 0 Å². The van der Waals surface area contributed by atoms with Crippen LogP contribution >= 0.6 is 0 Å². The minimum Gasteiger partial charge on any atom is -0.456 e. The van der Waals surface area contributed by atoms with Crippen molar-refractivity contribution in [3.8, 4) is 56.0 Å². The molecule has 1 aliphatic heterocycles. The van der Waals surface area contributed by atoms with E-state index in [4.69, 9.17) is 11.6 Å². The molecule has 1 aliphatic rings. The largest absolute Gasteiger partial charge is 0.456 e. The van der Waals surface area contributed by atoms with E-state index < -0.39 is 18.1 Å². The molecule has 0 atom stereocenters. The van der Waals surface area contributed by atoms with Crippen molar-refractivity contribution in [1.29, 1.82) is 0 Å². The number of hydrogen-bond donors (Lipinski definition) is 0. The third-order valence-electron chi connectivity index (χ3n) is 9.20. The van der Waals surface area contributed by atoms with Crippen LogP contribution < -0.4 is 4.74 Å². The monoisotopic (exact) mass is 605 g/mol. The molecule has 0 N–H and O–H groups in total. The van der Waals surface area contributed by atoms with Gasteiger partial charge in [-0.1, -0.05) is 145 Å². The summed E-state index contributed by atoms with van der Waals surface area (Å²) in [6.45, 7) is 0. The van der Waals surface area contributed by atoms with E-state index in [2.05, 4.69) is 18.2 Å². The highest BCUT2D eigenvalue weighted by molar-refractivity contribution is 6.20. The molecule has 0 saturated carbocycles. The molecule has 47 heavy (non-hydrogen) atoms. The number of ether oxygens (including phenoxy) is 1. The van der Waals surface area contributed by atoms with Crippen molar-refractivity contribution in [2.24, 2.45) is 0 Å². The number of rotatable bonds is 3. The van der Waals surface area contributed by atoms with Crippen molar-refractivity contribution in [2.75, 3.05) is 0 Å². The van der Waals surface area contributed by atoms with Crippen molar-refractivity contribution in [2.45, 2.75) is 0 Å². The summed E-state index contributed by atoms with van der Waals surface area (Å²) >= 11 is 0. The molecule has 1 nitrogen and oxygen atoms in total. The Morgan fingerprint density at radius 1 is 0.383 bits per heavy atom. The zero-order chi connectivity index (χ0) is 38.7. The Labute approximate surface area is 285 Å². The maximum Gasteiger partial charge on any atom is 0.135 e. The van der Waals surface area contributed by atoms with Crippen molar-refractivity contribution in [1.82, 2.24) is 0 Å². The third kappa shape index (κ3) is 4.03. The smallest absolute Gasteiger partial charge is 0.135 e. The lowest BCUT2D eigenvalue weighted by atomic mass is 9.88. The molecule has 9 aromatic rings. The van der Waals surface area contributed by atoms with E-state index in [-0.39, 0.29) is 52.9 Å². The fourth-order valence-electron chi connectivity index (χ4n) is 7.06. The summed E-state index contributed by atoms with van der Waals surface area (Å²) in [5.41, 5.74) is 3.67. The molecule has 0 fully saturated rings. The molecule has 0 spiro atoms. The summed E-state index contributed by atoms with van der Waals surface area (Å²) in [6.07, 6.45) is 0. The SMILES string of the molecule is [2H]c1c([2H])c([2H])c(-c2ccc3c(c2)Oc2ccc(-c4c([2H])c([2H])c(-c5c6ccccc6cc6c5ccc5ccccc56)c([2H])c4[2H])c4cccc-3c24)c([2H])c1[2H]. The normalized spacial score (nSPS) is 14.7. The van der Waals surface area contributed by atoms with Gasteiger partial charge in [0.1, 0.15) is 11.5 Å². The first-order chi connectivity index (χ1) is 27.0. The second-order valence-corrected chi connectivity index (χ2v) is 11.8. The molecule has 0 radical (unpaired) electrons. The molecular formula is C46H28O. The van der Waals surface area contributed by atoms with Crippen LogP contribution in [0.3, 0.4) is 0 Å². The second-order valence-electron chi connectivity index (χ2n) is 11.8. The van der Waals surface area contributed by atoms with Crippen molar-refractivity contribution < 1.29 is 17.1 Å². The average molecular weight is 606 g/mol. The van der Waals surface area contributed by atoms with Gasteiger partial charge in [0.15, 0.2) is 0 Å². The van der Waals surface area contributed by atoms with Crippen LogP contribution in [0.5, 0.6) is 11.5 Å². The zero-order valence-electron chi connectivity index (χ0n) is 33.9. The molecule has 1 heteroatoms. The maximum absolute atomic E-state index is 9.49. The van der Waals surface area contributed by atoms with Crippen molar-refractivity contribution >= 4 is 43.1 Å². The molecular weight excluding hydrogens is 569 g/mol. The van der Waals surface area contributed by atoms with Crippen LogP contribution in [0.1, 0.15) is 12.3 Å². The topological polar surface area (TPSA) is 9.23 Å². The van der Waals surface area contributed by atoms with E-state index in [9.17, 15) is 5.48 Å². The summed E-state index contributed by atoms with van der Waals surface area (Å²) in [5.74, 6) is 0.956. The molecule has 1 heterocycles. The fourth-order valence-corrected chi connectivity index (χ4v) is 7.06. The van der Waals surface area contributed by atoms with Crippen LogP contribution in [0.4, 0.5) is 0 Å². The molecule has 0 unspecified atom stereocenters. The highest BCUT2D eigenvalue weighted by Gasteiger charge is 2.22. The third-order valence-corrected chi connectivity index (χ3v) is 9.20. The minimum atomic E-state index is -0.457. The van der Waals surface area contributed by atoms with Gasteiger partial charge >= 0.3 is 0 Å². The van der Waals surface area contributed by atoms with E-state index in [0.717, 1.165) is 48.8 Å².